The molecule has 0 saturated carbocycles. The summed E-state index contributed by atoms with van der Waals surface area (Å²) in [6.07, 6.45) is -4.17. The molecule has 1 aliphatic rings. The lowest BCUT2D eigenvalue weighted by atomic mass is 10.00. The highest BCUT2D eigenvalue weighted by Gasteiger charge is 2.24. The van der Waals surface area contributed by atoms with E-state index in [0.717, 1.165) is 4.90 Å². The van der Waals surface area contributed by atoms with Gasteiger partial charge < -0.3 is 9.64 Å². The minimum atomic E-state index is -1.75. The highest BCUT2D eigenvalue weighted by molar-refractivity contribution is 5.68. The van der Waals surface area contributed by atoms with Crippen molar-refractivity contribution in [2.75, 3.05) is 13.1 Å². The zero-order valence-corrected chi connectivity index (χ0v) is 9.26. The summed E-state index contributed by atoms with van der Waals surface area (Å²) in [6.45, 7) is 6.43. The zero-order chi connectivity index (χ0) is 14.4. The maximum Gasteiger partial charge on any atom is 0.410 e. The standard InChI is InChI=1S/C11H21NO2/c1-9-5-7-12(8-6-9)10(13)14-11(2,3)4/h9H,5-8H2,1-4H3/i5D2,6D2. The fraction of sp³-hybridized carbons (Fsp3) is 0.909. The number of likely N-dealkylation sites (tertiary alicyclic amines) is 1. The molecule has 0 spiro atoms. The van der Waals surface area contributed by atoms with E-state index in [1.807, 2.05) is 0 Å². The summed E-state index contributed by atoms with van der Waals surface area (Å²) in [6, 6.07) is 0. The normalized spacial score (nSPS) is 31.0. The van der Waals surface area contributed by atoms with Crippen molar-refractivity contribution in [2.45, 2.75) is 46.0 Å². The Labute approximate surface area is 92.0 Å². The lowest BCUT2D eigenvalue weighted by Crippen LogP contribution is -2.41. The van der Waals surface area contributed by atoms with Gasteiger partial charge in [0.1, 0.15) is 5.60 Å². The van der Waals surface area contributed by atoms with Gasteiger partial charge in [-0.1, -0.05) is 6.92 Å². The van der Waals surface area contributed by atoms with E-state index < -0.39 is 30.4 Å². The molecule has 1 rings (SSSR count). The van der Waals surface area contributed by atoms with Gasteiger partial charge in [-0.15, -0.1) is 0 Å². The molecule has 82 valence electrons. The van der Waals surface area contributed by atoms with Crippen LogP contribution in [0.3, 0.4) is 0 Å². The second kappa shape index (κ2) is 4.20. The van der Waals surface area contributed by atoms with Gasteiger partial charge in [0.25, 0.3) is 0 Å². The van der Waals surface area contributed by atoms with Crippen molar-refractivity contribution < 1.29 is 15.0 Å². The molecular formula is C11H21NO2. The molecule has 0 N–H and O–H groups in total. The smallest absolute Gasteiger partial charge is 0.410 e. The van der Waals surface area contributed by atoms with Crippen LogP contribution < -0.4 is 0 Å². The third kappa shape index (κ3) is 3.56. The first-order chi connectivity index (χ1) is 7.85. The highest BCUT2D eigenvalue weighted by atomic mass is 16.6. The Kier molecular flexibility index (Phi) is 2.01. The van der Waals surface area contributed by atoms with Crippen LogP contribution in [0.2, 0.25) is 0 Å². The van der Waals surface area contributed by atoms with Crippen LogP contribution in [0.1, 0.15) is 45.9 Å². The van der Waals surface area contributed by atoms with Crippen LogP contribution in [-0.4, -0.2) is 29.7 Å². The number of ether oxygens (including phenoxy) is 1. The second-order valence-corrected chi connectivity index (χ2v) is 4.47. The number of hydrogen-bond acceptors (Lipinski definition) is 2. The maximum absolute atomic E-state index is 11.9. The molecule has 1 heterocycles. The Bertz CT molecular complexity index is 320. The monoisotopic (exact) mass is 203 g/mol. The number of amides is 1. The van der Waals surface area contributed by atoms with Crippen molar-refractivity contribution in [1.29, 1.82) is 0 Å². The van der Waals surface area contributed by atoms with Gasteiger partial charge >= 0.3 is 6.09 Å². The molecule has 1 fully saturated rings. The van der Waals surface area contributed by atoms with Gasteiger partial charge in [0.2, 0.25) is 0 Å². The Hall–Kier alpha value is -0.730. The van der Waals surface area contributed by atoms with Crippen LogP contribution in [0.25, 0.3) is 0 Å². The SMILES string of the molecule is [2H]C1([2H])CN(C(=O)OC(C)(C)C)CC([2H])([2H])C1C. The molecule has 0 aromatic rings. The third-order valence-corrected chi connectivity index (χ3v) is 1.83. The molecule has 3 heteroatoms. The summed E-state index contributed by atoms with van der Waals surface area (Å²) in [7, 11) is 0. The fourth-order valence-corrected chi connectivity index (χ4v) is 1.08. The average molecular weight is 203 g/mol. The van der Waals surface area contributed by atoms with Crippen LogP contribution in [0.4, 0.5) is 4.79 Å². The largest absolute Gasteiger partial charge is 0.444 e. The van der Waals surface area contributed by atoms with E-state index in [1.165, 1.54) is 6.92 Å². The Balaban J connectivity index is 2.84. The molecule has 0 aromatic carbocycles. The molecule has 0 bridgehead atoms. The average Bonchev–Trinajstić information content (AvgIpc) is 2.10. The van der Waals surface area contributed by atoms with E-state index in [9.17, 15) is 4.79 Å². The van der Waals surface area contributed by atoms with Crippen LogP contribution in [0, 0.1) is 5.92 Å². The number of piperidine rings is 1. The first-order valence-corrected chi connectivity index (χ1v) is 4.83. The van der Waals surface area contributed by atoms with Gasteiger partial charge in [-0.25, -0.2) is 4.79 Å². The van der Waals surface area contributed by atoms with E-state index in [1.54, 1.807) is 20.8 Å². The van der Waals surface area contributed by atoms with Crippen molar-refractivity contribution in [1.82, 2.24) is 4.90 Å². The third-order valence-electron chi connectivity index (χ3n) is 1.83. The maximum atomic E-state index is 11.9. The lowest BCUT2D eigenvalue weighted by Gasteiger charge is -2.32. The predicted octanol–water partition coefficient (Wildman–Crippen LogP) is 2.65. The van der Waals surface area contributed by atoms with Crippen LogP contribution in [-0.2, 0) is 4.74 Å². The molecule has 14 heavy (non-hydrogen) atoms. The Morgan fingerprint density at radius 1 is 1.43 bits per heavy atom. The number of nitrogens with zero attached hydrogens (tertiary/aromatic N) is 1. The molecule has 1 amide bonds. The molecule has 0 aromatic heterocycles. The molecule has 1 aliphatic heterocycles. The summed E-state index contributed by atoms with van der Waals surface area (Å²) >= 11 is 0. The van der Waals surface area contributed by atoms with Crippen molar-refractivity contribution in [2.24, 2.45) is 5.92 Å². The minimum Gasteiger partial charge on any atom is -0.444 e. The van der Waals surface area contributed by atoms with Gasteiger partial charge in [0, 0.05) is 18.6 Å². The van der Waals surface area contributed by atoms with E-state index >= 15 is 0 Å². The topological polar surface area (TPSA) is 29.5 Å². The predicted molar refractivity (Wildman–Crippen MR) is 56.2 cm³/mol. The van der Waals surface area contributed by atoms with E-state index in [2.05, 4.69) is 0 Å². The molecule has 3 nitrogen and oxygen atoms in total. The Morgan fingerprint density at radius 3 is 2.36 bits per heavy atom. The van der Waals surface area contributed by atoms with Crippen molar-refractivity contribution in [3.8, 4) is 0 Å². The lowest BCUT2D eigenvalue weighted by molar-refractivity contribution is 0.0190. The van der Waals surface area contributed by atoms with E-state index in [0.29, 0.717) is 0 Å². The Morgan fingerprint density at radius 2 is 1.93 bits per heavy atom. The van der Waals surface area contributed by atoms with Gasteiger partial charge in [-0.2, -0.15) is 0 Å². The molecule has 0 unspecified atom stereocenters. The van der Waals surface area contributed by atoms with Crippen LogP contribution in [0.5, 0.6) is 0 Å². The number of rotatable bonds is 0. The first-order valence-electron chi connectivity index (χ1n) is 6.83. The molecule has 1 saturated heterocycles. The van der Waals surface area contributed by atoms with Crippen LogP contribution in [0.15, 0.2) is 0 Å². The quantitative estimate of drug-likeness (QED) is 0.605. The summed E-state index contributed by atoms with van der Waals surface area (Å²) in [5, 5.41) is 0. The number of carbonyl (C=O) groups is 1. The molecule has 0 atom stereocenters. The van der Waals surface area contributed by atoms with Gasteiger partial charge in [-0.05, 0) is 39.4 Å². The van der Waals surface area contributed by atoms with Crippen LogP contribution >= 0.6 is 0 Å². The highest BCUT2D eigenvalue weighted by Crippen LogP contribution is 2.18. The minimum absolute atomic E-state index is 0.136. The summed E-state index contributed by atoms with van der Waals surface area (Å²) in [5.41, 5.74) is -0.667. The van der Waals surface area contributed by atoms with Crippen molar-refractivity contribution >= 4 is 6.09 Å². The molecular weight excluding hydrogens is 178 g/mol. The van der Waals surface area contributed by atoms with E-state index in [4.69, 9.17) is 10.2 Å². The van der Waals surface area contributed by atoms with Gasteiger partial charge in [-0.3, -0.25) is 0 Å². The molecule has 0 aliphatic carbocycles. The fourth-order valence-electron chi connectivity index (χ4n) is 1.08. The zero-order valence-electron chi connectivity index (χ0n) is 13.3. The van der Waals surface area contributed by atoms with Crippen molar-refractivity contribution in [3.63, 3.8) is 0 Å². The van der Waals surface area contributed by atoms with Gasteiger partial charge in [0.15, 0.2) is 0 Å². The summed E-state index contributed by atoms with van der Waals surface area (Å²) in [4.78, 5) is 13.0. The van der Waals surface area contributed by atoms with Gasteiger partial charge in [0.05, 0.1) is 0 Å². The number of carbonyl (C=O) groups excluding carboxylic acids is 1. The van der Waals surface area contributed by atoms with Crippen molar-refractivity contribution in [3.05, 3.63) is 0 Å². The number of hydrogen-bond donors (Lipinski definition) is 0. The summed E-state index contributed by atoms with van der Waals surface area (Å²) in [5.74, 6) is -0.760. The summed E-state index contributed by atoms with van der Waals surface area (Å²) < 4.78 is 36.4. The van der Waals surface area contributed by atoms with E-state index in [-0.39, 0.29) is 13.1 Å². The first kappa shape index (κ1) is 6.70. The molecule has 0 radical (unpaired) electrons. The second-order valence-electron chi connectivity index (χ2n) is 4.47.